The summed E-state index contributed by atoms with van der Waals surface area (Å²) in [6.07, 6.45) is 0.920. The number of halogens is 1. The lowest BCUT2D eigenvalue weighted by Gasteiger charge is -2.38. The van der Waals surface area contributed by atoms with Crippen LogP contribution in [0.15, 0.2) is 24.3 Å². The van der Waals surface area contributed by atoms with Crippen molar-refractivity contribution in [2.45, 2.75) is 19.4 Å². The lowest BCUT2D eigenvalue weighted by atomic mass is 10.2. The predicted molar refractivity (Wildman–Crippen MR) is 93.8 cm³/mol. The molecule has 1 fully saturated rings. The van der Waals surface area contributed by atoms with Crippen molar-refractivity contribution < 1.29 is 13.9 Å². The smallest absolute Gasteiger partial charge is 0.239 e. The van der Waals surface area contributed by atoms with Crippen LogP contribution >= 0.6 is 0 Å². The number of anilines is 1. The van der Waals surface area contributed by atoms with Crippen molar-refractivity contribution in [1.29, 1.82) is 0 Å². The van der Waals surface area contributed by atoms with Crippen LogP contribution in [0.25, 0.3) is 0 Å². The number of hydrogen-bond donors (Lipinski definition) is 0. The maximum Gasteiger partial charge on any atom is 0.239 e. The van der Waals surface area contributed by atoms with Crippen molar-refractivity contribution in [2.24, 2.45) is 0 Å². The number of hydrogen-bond acceptors (Lipinski definition) is 4. The molecule has 0 saturated carbocycles. The first kappa shape index (κ1) is 18.7. The molecule has 5 nitrogen and oxygen atoms in total. The van der Waals surface area contributed by atoms with E-state index < -0.39 is 0 Å². The summed E-state index contributed by atoms with van der Waals surface area (Å²) in [4.78, 5) is 18.8. The van der Waals surface area contributed by atoms with Gasteiger partial charge in [0, 0.05) is 52.1 Å². The summed E-state index contributed by atoms with van der Waals surface area (Å²) >= 11 is 0. The molecule has 0 aromatic heterocycles. The molecule has 1 saturated heterocycles. The zero-order valence-electron chi connectivity index (χ0n) is 14.9. The molecule has 0 aliphatic carbocycles. The highest BCUT2D eigenvalue weighted by Gasteiger charge is 2.27. The standard InChI is InChI=1S/C18H28FN3O2/c1-15(20(2)9-4-14-24-3)18(23)22-12-10-21(11-13-22)17-7-5-16(19)6-8-17/h5-8,15H,4,9-14H2,1-3H3. The molecule has 1 unspecified atom stereocenters. The highest BCUT2D eigenvalue weighted by atomic mass is 19.1. The number of benzene rings is 1. The SMILES string of the molecule is COCCCN(C)C(C)C(=O)N1CCN(c2ccc(F)cc2)CC1. The number of carbonyl (C=O) groups is 1. The molecule has 6 heteroatoms. The van der Waals surface area contributed by atoms with Gasteiger partial charge in [0.15, 0.2) is 0 Å². The second-order valence-corrected chi connectivity index (χ2v) is 6.29. The van der Waals surface area contributed by atoms with Gasteiger partial charge in [-0.15, -0.1) is 0 Å². The number of piperazine rings is 1. The minimum atomic E-state index is -0.224. The number of amides is 1. The highest BCUT2D eigenvalue weighted by Crippen LogP contribution is 2.17. The van der Waals surface area contributed by atoms with E-state index in [1.165, 1.54) is 12.1 Å². The summed E-state index contributed by atoms with van der Waals surface area (Å²) in [5, 5.41) is 0. The van der Waals surface area contributed by atoms with E-state index >= 15 is 0 Å². The van der Waals surface area contributed by atoms with E-state index in [9.17, 15) is 9.18 Å². The van der Waals surface area contributed by atoms with E-state index in [0.717, 1.165) is 31.7 Å². The van der Waals surface area contributed by atoms with E-state index in [0.29, 0.717) is 19.7 Å². The Labute approximate surface area is 144 Å². The Morgan fingerprint density at radius 3 is 2.46 bits per heavy atom. The van der Waals surface area contributed by atoms with Gasteiger partial charge in [-0.2, -0.15) is 0 Å². The number of rotatable bonds is 7. The Kier molecular flexibility index (Phi) is 6.99. The maximum atomic E-state index is 13.0. The van der Waals surface area contributed by atoms with Crippen LogP contribution < -0.4 is 4.90 Å². The number of likely N-dealkylation sites (N-methyl/N-ethyl adjacent to an activating group) is 1. The lowest BCUT2D eigenvalue weighted by molar-refractivity contribution is -0.136. The first-order valence-electron chi connectivity index (χ1n) is 8.51. The highest BCUT2D eigenvalue weighted by molar-refractivity contribution is 5.81. The van der Waals surface area contributed by atoms with Crippen LogP contribution in [0.1, 0.15) is 13.3 Å². The minimum absolute atomic E-state index is 0.126. The molecule has 134 valence electrons. The summed E-state index contributed by atoms with van der Waals surface area (Å²) in [6, 6.07) is 6.41. The van der Waals surface area contributed by atoms with Crippen LogP contribution in [0.5, 0.6) is 0 Å². The van der Waals surface area contributed by atoms with Gasteiger partial charge in [0.1, 0.15) is 5.82 Å². The van der Waals surface area contributed by atoms with Crippen LogP contribution in [0.4, 0.5) is 10.1 Å². The fraction of sp³-hybridized carbons (Fsp3) is 0.611. The lowest BCUT2D eigenvalue weighted by Crippen LogP contribution is -2.53. The summed E-state index contributed by atoms with van der Waals surface area (Å²) in [5.41, 5.74) is 1.01. The quantitative estimate of drug-likeness (QED) is 0.711. The van der Waals surface area contributed by atoms with Crippen molar-refractivity contribution in [2.75, 3.05) is 58.4 Å². The maximum absolute atomic E-state index is 13.0. The summed E-state index contributed by atoms with van der Waals surface area (Å²) in [5.74, 6) is -0.0495. The summed E-state index contributed by atoms with van der Waals surface area (Å²) < 4.78 is 18.1. The molecular weight excluding hydrogens is 309 g/mol. The average molecular weight is 337 g/mol. The monoisotopic (exact) mass is 337 g/mol. The zero-order chi connectivity index (χ0) is 17.5. The Hall–Kier alpha value is -1.66. The van der Waals surface area contributed by atoms with Gasteiger partial charge in [-0.1, -0.05) is 0 Å². The molecule has 1 aromatic carbocycles. The third kappa shape index (κ3) is 4.92. The van der Waals surface area contributed by atoms with E-state index in [-0.39, 0.29) is 17.8 Å². The Bertz CT molecular complexity index is 516. The van der Waals surface area contributed by atoms with Gasteiger partial charge >= 0.3 is 0 Å². The summed E-state index contributed by atoms with van der Waals surface area (Å²) in [6.45, 7) is 6.47. The van der Waals surface area contributed by atoms with Gasteiger partial charge in [-0.25, -0.2) is 4.39 Å². The Morgan fingerprint density at radius 1 is 1.25 bits per heavy atom. The van der Waals surface area contributed by atoms with Gasteiger partial charge in [0.25, 0.3) is 0 Å². The van der Waals surface area contributed by atoms with Crippen molar-refractivity contribution in [3.05, 3.63) is 30.1 Å². The molecule has 1 aliphatic rings. The van der Waals surface area contributed by atoms with Gasteiger partial charge in [0.05, 0.1) is 6.04 Å². The van der Waals surface area contributed by atoms with Gasteiger partial charge in [-0.05, 0) is 44.7 Å². The molecule has 24 heavy (non-hydrogen) atoms. The van der Waals surface area contributed by atoms with Gasteiger partial charge in [0.2, 0.25) is 5.91 Å². The fourth-order valence-corrected chi connectivity index (χ4v) is 2.94. The molecule has 1 aromatic rings. The van der Waals surface area contributed by atoms with Gasteiger partial charge in [-0.3, -0.25) is 9.69 Å². The third-order valence-electron chi connectivity index (χ3n) is 4.66. The molecule has 0 N–H and O–H groups in total. The molecule has 0 spiro atoms. The van der Waals surface area contributed by atoms with Crippen LogP contribution in [-0.2, 0) is 9.53 Å². The van der Waals surface area contributed by atoms with Crippen molar-refractivity contribution >= 4 is 11.6 Å². The molecule has 1 amide bonds. The molecule has 0 bridgehead atoms. The third-order valence-corrected chi connectivity index (χ3v) is 4.66. The molecule has 0 radical (unpaired) electrons. The van der Waals surface area contributed by atoms with Crippen molar-refractivity contribution in [3.63, 3.8) is 0 Å². The van der Waals surface area contributed by atoms with Crippen molar-refractivity contribution in [3.8, 4) is 0 Å². The number of nitrogens with zero attached hydrogens (tertiary/aromatic N) is 3. The average Bonchev–Trinajstić information content (AvgIpc) is 2.61. The second-order valence-electron chi connectivity index (χ2n) is 6.29. The zero-order valence-corrected chi connectivity index (χ0v) is 14.9. The van der Waals surface area contributed by atoms with E-state index in [4.69, 9.17) is 4.74 Å². The minimum Gasteiger partial charge on any atom is -0.385 e. The topological polar surface area (TPSA) is 36.0 Å². The number of methoxy groups -OCH3 is 1. The van der Waals surface area contributed by atoms with Gasteiger partial charge < -0.3 is 14.5 Å². The van der Waals surface area contributed by atoms with E-state index in [1.54, 1.807) is 19.2 Å². The van der Waals surface area contributed by atoms with Crippen LogP contribution in [0, 0.1) is 5.82 Å². The van der Waals surface area contributed by atoms with Crippen molar-refractivity contribution in [1.82, 2.24) is 9.80 Å². The van der Waals surface area contributed by atoms with Crippen LogP contribution in [0.3, 0.4) is 0 Å². The number of ether oxygens (including phenoxy) is 1. The van der Waals surface area contributed by atoms with E-state index in [1.807, 2.05) is 18.9 Å². The Balaban J connectivity index is 1.82. The first-order chi connectivity index (χ1) is 11.5. The second kappa shape index (κ2) is 8.99. The summed E-state index contributed by atoms with van der Waals surface area (Å²) in [7, 11) is 3.67. The molecule has 1 heterocycles. The fourth-order valence-electron chi connectivity index (χ4n) is 2.94. The Morgan fingerprint density at radius 2 is 1.88 bits per heavy atom. The molecule has 2 rings (SSSR count). The van der Waals surface area contributed by atoms with Crippen LogP contribution in [-0.4, -0.2) is 75.2 Å². The molecule has 1 aliphatic heterocycles. The normalized spacial score (nSPS) is 16.5. The number of carbonyl (C=O) groups excluding carboxylic acids is 1. The molecular formula is C18H28FN3O2. The predicted octanol–water partition coefficient (Wildman–Crippen LogP) is 1.83. The van der Waals surface area contributed by atoms with E-state index in [2.05, 4.69) is 9.80 Å². The molecule has 1 atom stereocenters. The first-order valence-corrected chi connectivity index (χ1v) is 8.51. The largest absolute Gasteiger partial charge is 0.385 e. The van der Waals surface area contributed by atoms with Crippen LogP contribution in [0.2, 0.25) is 0 Å².